The van der Waals surface area contributed by atoms with E-state index in [0.29, 0.717) is 11.9 Å². The number of rotatable bonds is 4. The van der Waals surface area contributed by atoms with Gasteiger partial charge < -0.3 is 5.32 Å². The first kappa shape index (κ1) is 17.8. The van der Waals surface area contributed by atoms with Gasteiger partial charge in [0.05, 0.1) is 11.9 Å². The predicted octanol–water partition coefficient (Wildman–Crippen LogP) is 0.680. The van der Waals surface area contributed by atoms with Gasteiger partial charge in [-0.25, -0.2) is 9.48 Å². The summed E-state index contributed by atoms with van der Waals surface area (Å²) in [4.78, 5) is 36.7. The average Bonchev–Trinajstić information content (AvgIpc) is 3.02. The number of amides is 1. The van der Waals surface area contributed by atoms with Crippen LogP contribution in [0.3, 0.4) is 0 Å². The van der Waals surface area contributed by atoms with Crippen LogP contribution in [0.2, 0.25) is 0 Å². The second kappa shape index (κ2) is 7.09. The van der Waals surface area contributed by atoms with Crippen LogP contribution in [-0.4, -0.2) is 25.2 Å². The number of aromatic amines is 1. The lowest BCUT2D eigenvalue weighted by atomic mass is 10.2. The van der Waals surface area contributed by atoms with Crippen LogP contribution in [0.5, 0.6) is 0 Å². The molecule has 27 heavy (non-hydrogen) atoms. The van der Waals surface area contributed by atoms with E-state index in [1.165, 1.54) is 10.7 Å². The summed E-state index contributed by atoms with van der Waals surface area (Å²) in [7, 11) is 0. The summed E-state index contributed by atoms with van der Waals surface area (Å²) in [5.41, 5.74) is -0.415. The highest BCUT2D eigenvalue weighted by Gasteiger charge is 2.14. The first-order chi connectivity index (χ1) is 12.9. The molecular weight excluding hydrogens is 355 g/mol. The van der Waals surface area contributed by atoms with Crippen molar-refractivity contribution in [1.82, 2.24) is 19.3 Å². The maximum absolute atomic E-state index is 13.3. The van der Waals surface area contributed by atoms with Gasteiger partial charge in [-0.3, -0.25) is 19.1 Å². The summed E-state index contributed by atoms with van der Waals surface area (Å²) >= 11 is 0. The number of hydrogen-bond donors (Lipinski definition) is 2. The summed E-state index contributed by atoms with van der Waals surface area (Å²) in [6.07, 6.45) is 0.652. The molecular formula is C17H13FN6O3. The van der Waals surface area contributed by atoms with E-state index in [1.807, 2.05) is 25.1 Å². The highest BCUT2D eigenvalue weighted by molar-refractivity contribution is 5.90. The Labute approximate surface area is 151 Å². The van der Waals surface area contributed by atoms with Crippen molar-refractivity contribution in [1.29, 1.82) is 5.26 Å². The van der Waals surface area contributed by atoms with E-state index >= 15 is 0 Å². The third kappa shape index (κ3) is 3.82. The molecule has 1 aromatic carbocycles. The summed E-state index contributed by atoms with van der Waals surface area (Å²) in [6.45, 7) is 1.35. The molecule has 2 aromatic heterocycles. The zero-order chi connectivity index (χ0) is 19.6. The van der Waals surface area contributed by atoms with E-state index in [9.17, 15) is 18.8 Å². The lowest BCUT2D eigenvalue weighted by Gasteiger charge is -2.10. The number of anilines is 1. The molecule has 0 saturated carbocycles. The Balaban J connectivity index is 1.90. The molecule has 10 heteroatoms. The minimum absolute atomic E-state index is 0.0825. The van der Waals surface area contributed by atoms with Gasteiger partial charge in [0.15, 0.2) is 5.69 Å². The van der Waals surface area contributed by atoms with E-state index in [2.05, 4.69) is 10.4 Å². The minimum atomic E-state index is -1.18. The molecule has 2 N–H and O–H groups in total. The average molecular weight is 368 g/mol. The van der Waals surface area contributed by atoms with Crippen LogP contribution in [0.15, 0.2) is 46.1 Å². The van der Waals surface area contributed by atoms with Crippen molar-refractivity contribution in [3.05, 3.63) is 74.4 Å². The first-order valence-electron chi connectivity index (χ1n) is 7.73. The molecule has 1 amide bonds. The van der Waals surface area contributed by atoms with Crippen LogP contribution in [-0.2, 0) is 11.3 Å². The maximum atomic E-state index is 13.3. The number of H-pyrrole nitrogens is 1. The van der Waals surface area contributed by atoms with Gasteiger partial charge in [0.2, 0.25) is 11.7 Å². The van der Waals surface area contributed by atoms with Gasteiger partial charge in [0, 0.05) is 6.07 Å². The van der Waals surface area contributed by atoms with Crippen molar-refractivity contribution in [2.24, 2.45) is 0 Å². The lowest BCUT2D eigenvalue weighted by molar-refractivity contribution is -0.116. The van der Waals surface area contributed by atoms with Crippen molar-refractivity contribution in [3.8, 4) is 11.8 Å². The van der Waals surface area contributed by atoms with Crippen LogP contribution >= 0.6 is 0 Å². The number of aryl methyl sites for hydroxylation is 1. The molecule has 2 heterocycles. The Kier molecular flexibility index (Phi) is 4.68. The van der Waals surface area contributed by atoms with Gasteiger partial charge in [-0.15, -0.1) is 0 Å². The summed E-state index contributed by atoms with van der Waals surface area (Å²) in [6, 6.07) is 10.5. The molecule has 3 aromatic rings. The Hall–Kier alpha value is -4.00. The molecule has 136 valence electrons. The first-order valence-corrected chi connectivity index (χ1v) is 7.73. The van der Waals surface area contributed by atoms with Crippen molar-refractivity contribution in [2.45, 2.75) is 13.5 Å². The highest BCUT2D eigenvalue weighted by Crippen LogP contribution is 2.18. The topological polar surface area (TPSA) is 126 Å². The quantitative estimate of drug-likeness (QED) is 0.700. The van der Waals surface area contributed by atoms with Gasteiger partial charge in [0.1, 0.15) is 18.4 Å². The number of nitrogens with zero attached hydrogens (tertiary/aromatic N) is 4. The van der Waals surface area contributed by atoms with Crippen molar-refractivity contribution in [3.63, 3.8) is 0 Å². The maximum Gasteiger partial charge on any atom is 0.328 e. The number of halogens is 1. The second-order valence-electron chi connectivity index (χ2n) is 5.69. The van der Waals surface area contributed by atoms with E-state index < -0.39 is 29.5 Å². The van der Waals surface area contributed by atoms with Crippen LogP contribution in [0, 0.1) is 24.1 Å². The number of nitrogens with one attached hydrogen (secondary N) is 2. The molecule has 9 nitrogen and oxygen atoms in total. The molecule has 0 bridgehead atoms. The molecule has 0 aliphatic heterocycles. The molecule has 3 rings (SSSR count). The fraction of sp³-hybridized carbons (Fsp3) is 0.118. The Morgan fingerprint density at radius 1 is 1.37 bits per heavy atom. The van der Waals surface area contributed by atoms with Crippen molar-refractivity contribution < 1.29 is 9.18 Å². The molecule has 0 radical (unpaired) electrons. The Morgan fingerprint density at radius 3 is 2.85 bits per heavy atom. The largest absolute Gasteiger partial charge is 0.328 e. The normalized spacial score (nSPS) is 10.4. The van der Waals surface area contributed by atoms with Gasteiger partial charge >= 0.3 is 5.69 Å². The van der Waals surface area contributed by atoms with E-state index in [-0.39, 0.29) is 11.5 Å². The smallest absolute Gasteiger partial charge is 0.309 e. The standard InChI is InChI=1S/C17H13FN6O3/c1-10-3-2-4-12(5-10)24-14(6-11(7-19)22-24)20-15(25)9-23-8-13(18)16(26)21-17(23)27/h2-6,8H,9H2,1H3,(H,20,25)(H,21,26,27). The third-order valence-electron chi connectivity index (χ3n) is 3.62. The summed E-state index contributed by atoms with van der Waals surface area (Å²) in [5, 5.41) is 15.7. The molecule has 0 saturated heterocycles. The fourth-order valence-corrected chi connectivity index (χ4v) is 2.42. The third-order valence-corrected chi connectivity index (χ3v) is 3.62. The van der Waals surface area contributed by atoms with E-state index in [1.54, 1.807) is 17.1 Å². The molecule has 0 spiro atoms. The Morgan fingerprint density at radius 2 is 2.15 bits per heavy atom. The number of nitriles is 1. The molecule has 0 fully saturated rings. The number of hydrogen-bond acceptors (Lipinski definition) is 5. The minimum Gasteiger partial charge on any atom is -0.309 e. The molecule has 0 atom stereocenters. The number of aromatic nitrogens is 4. The summed E-state index contributed by atoms with van der Waals surface area (Å²) in [5.74, 6) is -1.64. The number of benzene rings is 1. The zero-order valence-electron chi connectivity index (χ0n) is 14.1. The van der Waals surface area contributed by atoms with Gasteiger partial charge in [-0.1, -0.05) is 12.1 Å². The lowest BCUT2D eigenvalue weighted by Crippen LogP contribution is -2.34. The van der Waals surface area contributed by atoms with Crippen LogP contribution < -0.4 is 16.6 Å². The van der Waals surface area contributed by atoms with Gasteiger partial charge in [-0.05, 0) is 24.6 Å². The van der Waals surface area contributed by atoms with Crippen molar-refractivity contribution >= 4 is 11.7 Å². The fourth-order valence-electron chi connectivity index (χ4n) is 2.42. The number of carbonyl (C=O) groups excluding carboxylic acids is 1. The number of carbonyl (C=O) groups is 1. The summed E-state index contributed by atoms with van der Waals surface area (Å²) < 4.78 is 15.4. The van der Waals surface area contributed by atoms with Crippen LogP contribution in [0.25, 0.3) is 5.69 Å². The van der Waals surface area contributed by atoms with E-state index in [0.717, 1.165) is 10.1 Å². The molecule has 0 aliphatic rings. The monoisotopic (exact) mass is 368 g/mol. The van der Waals surface area contributed by atoms with Crippen LogP contribution in [0.4, 0.5) is 10.2 Å². The highest BCUT2D eigenvalue weighted by atomic mass is 19.1. The Bertz CT molecular complexity index is 1180. The second-order valence-corrected chi connectivity index (χ2v) is 5.69. The van der Waals surface area contributed by atoms with Crippen LogP contribution in [0.1, 0.15) is 11.3 Å². The molecule has 0 aliphatic carbocycles. The van der Waals surface area contributed by atoms with Crippen molar-refractivity contribution in [2.75, 3.05) is 5.32 Å². The predicted molar refractivity (Wildman–Crippen MR) is 92.9 cm³/mol. The SMILES string of the molecule is Cc1cccc(-n2nc(C#N)cc2NC(=O)Cn2cc(F)c(=O)[nH]c2=O)c1. The zero-order valence-corrected chi connectivity index (χ0v) is 14.1. The van der Waals surface area contributed by atoms with Gasteiger partial charge in [-0.2, -0.15) is 14.8 Å². The van der Waals surface area contributed by atoms with E-state index in [4.69, 9.17) is 5.26 Å². The molecule has 0 unspecified atom stereocenters. The van der Waals surface area contributed by atoms with Gasteiger partial charge in [0.25, 0.3) is 5.56 Å².